The van der Waals surface area contributed by atoms with Crippen molar-refractivity contribution in [1.29, 1.82) is 0 Å². The van der Waals surface area contributed by atoms with Crippen molar-refractivity contribution in [1.82, 2.24) is 4.90 Å². The lowest BCUT2D eigenvalue weighted by Gasteiger charge is -2.40. The Balaban J connectivity index is 2.33. The topological polar surface area (TPSA) is 38.5 Å². The molecular weight excluding hydrogens is 282 g/mol. The van der Waals surface area contributed by atoms with Crippen LogP contribution in [0.5, 0.6) is 0 Å². The number of benzene rings is 1. The summed E-state index contributed by atoms with van der Waals surface area (Å²) in [5, 5.41) is 0. The highest BCUT2D eigenvalue weighted by molar-refractivity contribution is 7.80. The van der Waals surface area contributed by atoms with Crippen LogP contribution in [0.3, 0.4) is 0 Å². The van der Waals surface area contributed by atoms with E-state index in [-0.39, 0.29) is 17.2 Å². The third kappa shape index (κ3) is 3.31. The number of morpholine rings is 1. The monoisotopic (exact) mass is 300 g/mol. The van der Waals surface area contributed by atoms with Crippen molar-refractivity contribution in [2.75, 3.05) is 13.1 Å². The number of ether oxygens (including phenoxy) is 1. The molecule has 2 rings (SSSR count). The molecule has 1 aliphatic heterocycles. The Hall–Kier alpha value is -1.11. The highest BCUT2D eigenvalue weighted by Gasteiger charge is 2.32. The lowest BCUT2D eigenvalue weighted by molar-refractivity contribution is -0.0739. The van der Waals surface area contributed by atoms with Crippen LogP contribution in [0.15, 0.2) is 18.2 Å². The van der Waals surface area contributed by atoms with Crippen LogP contribution in [0.25, 0.3) is 0 Å². The van der Waals surface area contributed by atoms with Gasteiger partial charge in [0.1, 0.15) is 11.6 Å². The van der Waals surface area contributed by atoms with Gasteiger partial charge in [-0.1, -0.05) is 18.3 Å². The van der Waals surface area contributed by atoms with E-state index in [2.05, 4.69) is 0 Å². The van der Waals surface area contributed by atoms with Gasteiger partial charge < -0.3 is 10.5 Å². The van der Waals surface area contributed by atoms with Gasteiger partial charge in [0, 0.05) is 24.7 Å². The maximum absolute atomic E-state index is 14.0. The summed E-state index contributed by atoms with van der Waals surface area (Å²) in [5.74, 6) is -1.24. The Labute approximate surface area is 122 Å². The molecule has 1 aromatic carbocycles. The van der Waals surface area contributed by atoms with Crippen molar-refractivity contribution >= 4 is 17.2 Å². The second-order valence-electron chi connectivity index (χ2n) is 5.18. The minimum atomic E-state index is -0.630. The molecule has 1 fully saturated rings. The second-order valence-corrected chi connectivity index (χ2v) is 5.65. The van der Waals surface area contributed by atoms with Crippen LogP contribution in [0.2, 0.25) is 0 Å². The van der Waals surface area contributed by atoms with E-state index in [1.165, 1.54) is 12.1 Å². The van der Waals surface area contributed by atoms with Gasteiger partial charge in [0.15, 0.2) is 0 Å². The third-order valence-corrected chi connectivity index (χ3v) is 3.56. The molecule has 1 aliphatic rings. The number of thiocarbonyl (C=S) groups is 1. The predicted octanol–water partition coefficient (Wildman–Crippen LogP) is 2.40. The van der Waals surface area contributed by atoms with E-state index in [1.54, 1.807) is 0 Å². The average molecular weight is 300 g/mol. The summed E-state index contributed by atoms with van der Waals surface area (Å²) in [5.41, 5.74) is 6.09. The highest BCUT2D eigenvalue weighted by atomic mass is 32.1. The summed E-state index contributed by atoms with van der Waals surface area (Å²) in [4.78, 5) is 2.16. The molecule has 110 valence electrons. The summed E-state index contributed by atoms with van der Waals surface area (Å²) < 4.78 is 32.7. The first-order valence-corrected chi connectivity index (χ1v) is 6.93. The first-order valence-electron chi connectivity index (χ1n) is 6.52. The van der Waals surface area contributed by atoms with Crippen LogP contribution in [0.1, 0.15) is 25.5 Å². The van der Waals surface area contributed by atoms with Gasteiger partial charge >= 0.3 is 0 Å². The van der Waals surface area contributed by atoms with Crippen molar-refractivity contribution in [3.8, 4) is 0 Å². The standard InChI is InChI=1S/C14H18F2N2OS/c1-8-6-18(7-9(2)19-8)13(14(17)20)11-4-3-10(15)5-12(11)16/h3-5,8-9,13H,6-7H2,1-2H3,(H2,17,20). The Morgan fingerprint density at radius 3 is 2.45 bits per heavy atom. The van der Waals surface area contributed by atoms with Crippen molar-refractivity contribution in [3.63, 3.8) is 0 Å². The molecule has 0 aliphatic carbocycles. The Bertz CT molecular complexity index is 502. The van der Waals surface area contributed by atoms with Gasteiger partial charge in [-0.05, 0) is 19.9 Å². The molecule has 6 heteroatoms. The fourth-order valence-electron chi connectivity index (χ4n) is 2.68. The zero-order valence-electron chi connectivity index (χ0n) is 11.5. The normalized spacial score (nSPS) is 25.4. The minimum Gasteiger partial charge on any atom is -0.392 e. The molecule has 2 N–H and O–H groups in total. The lowest BCUT2D eigenvalue weighted by Crippen LogP contribution is -2.49. The molecule has 20 heavy (non-hydrogen) atoms. The molecule has 0 bridgehead atoms. The molecule has 1 aromatic rings. The summed E-state index contributed by atoms with van der Waals surface area (Å²) >= 11 is 5.08. The molecule has 0 saturated carbocycles. The highest BCUT2D eigenvalue weighted by Crippen LogP contribution is 2.27. The van der Waals surface area contributed by atoms with E-state index in [1.807, 2.05) is 18.7 Å². The van der Waals surface area contributed by atoms with Gasteiger partial charge in [-0.25, -0.2) is 8.78 Å². The molecule has 0 aromatic heterocycles. The zero-order chi connectivity index (χ0) is 14.9. The fourth-order valence-corrected chi connectivity index (χ4v) is 2.96. The first kappa shape index (κ1) is 15.3. The van der Waals surface area contributed by atoms with Crippen LogP contribution in [-0.4, -0.2) is 35.2 Å². The van der Waals surface area contributed by atoms with E-state index in [0.717, 1.165) is 6.07 Å². The Morgan fingerprint density at radius 2 is 1.95 bits per heavy atom. The summed E-state index contributed by atoms with van der Waals surface area (Å²) in [7, 11) is 0. The maximum Gasteiger partial charge on any atom is 0.131 e. The van der Waals surface area contributed by atoms with E-state index >= 15 is 0 Å². The van der Waals surface area contributed by atoms with Gasteiger partial charge in [0.2, 0.25) is 0 Å². The number of halogens is 2. The Morgan fingerprint density at radius 1 is 1.35 bits per heavy atom. The summed E-state index contributed by atoms with van der Waals surface area (Å²) in [6.07, 6.45) is 0.0261. The van der Waals surface area contributed by atoms with Crippen LogP contribution in [-0.2, 0) is 4.74 Å². The molecule has 1 saturated heterocycles. The second kappa shape index (κ2) is 6.11. The molecule has 0 amide bonds. The predicted molar refractivity (Wildman–Crippen MR) is 77.5 cm³/mol. The smallest absolute Gasteiger partial charge is 0.131 e. The molecule has 0 radical (unpaired) electrons. The average Bonchev–Trinajstić information content (AvgIpc) is 2.30. The van der Waals surface area contributed by atoms with Gasteiger partial charge in [-0.2, -0.15) is 0 Å². The molecule has 1 heterocycles. The lowest BCUT2D eigenvalue weighted by atomic mass is 10.0. The van der Waals surface area contributed by atoms with E-state index in [9.17, 15) is 8.78 Å². The third-order valence-electron chi connectivity index (χ3n) is 3.34. The largest absolute Gasteiger partial charge is 0.392 e. The number of rotatable bonds is 3. The number of nitrogens with two attached hydrogens (primary N) is 1. The van der Waals surface area contributed by atoms with Gasteiger partial charge in [-0.15, -0.1) is 0 Å². The van der Waals surface area contributed by atoms with E-state index in [4.69, 9.17) is 22.7 Å². The van der Waals surface area contributed by atoms with Crippen LogP contribution < -0.4 is 5.73 Å². The van der Waals surface area contributed by atoms with Crippen molar-refractivity contribution in [3.05, 3.63) is 35.4 Å². The molecule has 3 atom stereocenters. The van der Waals surface area contributed by atoms with Crippen molar-refractivity contribution in [2.45, 2.75) is 32.1 Å². The van der Waals surface area contributed by atoms with Crippen molar-refractivity contribution in [2.24, 2.45) is 5.73 Å². The minimum absolute atomic E-state index is 0.0131. The first-order chi connectivity index (χ1) is 9.38. The molecular formula is C14H18F2N2OS. The molecule has 3 nitrogen and oxygen atoms in total. The Kier molecular flexibility index (Phi) is 4.67. The molecule has 0 spiro atoms. The van der Waals surface area contributed by atoms with Gasteiger partial charge in [0.25, 0.3) is 0 Å². The van der Waals surface area contributed by atoms with Crippen LogP contribution in [0.4, 0.5) is 8.78 Å². The number of nitrogens with zero attached hydrogens (tertiary/aromatic N) is 1. The fraction of sp³-hybridized carbons (Fsp3) is 0.500. The van der Waals surface area contributed by atoms with Gasteiger partial charge in [0.05, 0.1) is 23.2 Å². The summed E-state index contributed by atoms with van der Waals surface area (Å²) in [6, 6.07) is 2.93. The zero-order valence-corrected chi connectivity index (χ0v) is 12.3. The van der Waals surface area contributed by atoms with Crippen LogP contribution in [0, 0.1) is 11.6 Å². The quantitative estimate of drug-likeness (QED) is 0.870. The number of hydrogen-bond donors (Lipinski definition) is 1. The molecule has 3 unspecified atom stereocenters. The van der Waals surface area contributed by atoms with Crippen LogP contribution >= 0.6 is 12.2 Å². The van der Waals surface area contributed by atoms with E-state index < -0.39 is 17.7 Å². The van der Waals surface area contributed by atoms with Gasteiger partial charge in [-0.3, -0.25) is 4.90 Å². The maximum atomic E-state index is 14.0. The number of hydrogen-bond acceptors (Lipinski definition) is 3. The SMILES string of the molecule is CC1CN(C(C(N)=S)c2ccc(F)cc2F)CC(C)O1. The van der Waals surface area contributed by atoms with Crippen molar-refractivity contribution < 1.29 is 13.5 Å². The van der Waals surface area contributed by atoms with E-state index in [0.29, 0.717) is 18.7 Å². The summed E-state index contributed by atoms with van der Waals surface area (Å²) in [6.45, 7) is 5.09.